The zero-order chi connectivity index (χ0) is 13.3. The van der Waals surface area contributed by atoms with Gasteiger partial charge in [0.25, 0.3) is 0 Å². The lowest BCUT2D eigenvalue weighted by atomic mass is 9.98. The van der Waals surface area contributed by atoms with Crippen molar-refractivity contribution in [3.8, 4) is 0 Å². The van der Waals surface area contributed by atoms with Crippen LogP contribution in [-0.2, 0) is 0 Å². The number of hydrogen-bond donors (Lipinski definition) is 1. The highest BCUT2D eigenvalue weighted by molar-refractivity contribution is 4.77. The highest BCUT2D eigenvalue weighted by Gasteiger charge is 2.19. The Labute approximate surface area is 109 Å². The molecule has 0 aromatic rings. The number of nitrogens with one attached hydrogen (secondary N) is 1. The molecular formula is C15H34N2. The summed E-state index contributed by atoms with van der Waals surface area (Å²) < 4.78 is 0. The molecule has 2 nitrogen and oxygen atoms in total. The lowest BCUT2D eigenvalue weighted by Crippen LogP contribution is -2.46. The Morgan fingerprint density at radius 2 is 1.71 bits per heavy atom. The Hall–Kier alpha value is -0.0800. The highest BCUT2D eigenvalue weighted by atomic mass is 15.2. The summed E-state index contributed by atoms with van der Waals surface area (Å²) in [6.45, 7) is 14.0. The number of likely N-dealkylation sites (N-methyl/N-ethyl adjacent to an activating group) is 1. The smallest absolute Gasteiger partial charge is 0.0217 e. The van der Waals surface area contributed by atoms with E-state index in [1.165, 1.54) is 38.8 Å². The van der Waals surface area contributed by atoms with E-state index in [4.69, 9.17) is 0 Å². The van der Waals surface area contributed by atoms with Crippen molar-refractivity contribution in [1.29, 1.82) is 0 Å². The lowest BCUT2D eigenvalue weighted by molar-refractivity contribution is 0.175. The Bertz CT molecular complexity index is 168. The van der Waals surface area contributed by atoms with Crippen LogP contribution in [0.5, 0.6) is 0 Å². The van der Waals surface area contributed by atoms with Gasteiger partial charge in [0, 0.05) is 18.6 Å². The standard InChI is InChI=1S/C15H34N2/c1-7-9-10-11-17(13(3)4)12-15(16-6)14(5)8-2/h13-16H,7-12H2,1-6H3. The van der Waals surface area contributed by atoms with Gasteiger partial charge in [-0.25, -0.2) is 0 Å². The van der Waals surface area contributed by atoms with Crippen LogP contribution in [0.25, 0.3) is 0 Å². The summed E-state index contributed by atoms with van der Waals surface area (Å²) in [7, 11) is 2.10. The molecule has 104 valence electrons. The molecule has 0 saturated heterocycles. The first-order chi connectivity index (χ1) is 8.06. The fourth-order valence-electron chi connectivity index (χ4n) is 2.22. The molecule has 0 radical (unpaired) electrons. The van der Waals surface area contributed by atoms with E-state index in [1.54, 1.807) is 0 Å². The van der Waals surface area contributed by atoms with Crippen LogP contribution in [0, 0.1) is 5.92 Å². The summed E-state index contributed by atoms with van der Waals surface area (Å²) in [5, 5.41) is 3.49. The molecule has 0 fully saturated rings. The van der Waals surface area contributed by atoms with Gasteiger partial charge in [-0.2, -0.15) is 0 Å². The highest BCUT2D eigenvalue weighted by Crippen LogP contribution is 2.12. The second-order valence-electron chi connectivity index (χ2n) is 5.58. The lowest BCUT2D eigenvalue weighted by Gasteiger charge is -2.33. The predicted octanol–water partition coefficient (Wildman–Crippen LogP) is 3.52. The SMILES string of the molecule is CCCCCN(CC(NC)C(C)CC)C(C)C. The van der Waals surface area contributed by atoms with E-state index in [9.17, 15) is 0 Å². The molecule has 0 heterocycles. The summed E-state index contributed by atoms with van der Waals surface area (Å²) in [5.74, 6) is 0.757. The monoisotopic (exact) mass is 242 g/mol. The minimum Gasteiger partial charge on any atom is -0.315 e. The van der Waals surface area contributed by atoms with E-state index >= 15 is 0 Å². The van der Waals surface area contributed by atoms with Gasteiger partial charge in [-0.1, -0.05) is 40.0 Å². The average molecular weight is 242 g/mol. The largest absolute Gasteiger partial charge is 0.315 e. The molecule has 1 N–H and O–H groups in total. The van der Waals surface area contributed by atoms with E-state index in [-0.39, 0.29) is 0 Å². The molecule has 0 aliphatic rings. The van der Waals surface area contributed by atoms with Crippen molar-refractivity contribution < 1.29 is 0 Å². The molecular weight excluding hydrogens is 208 g/mol. The average Bonchev–Trinajstić information content (AvgIpc) is 2.32. The van der Waals surface area contributed by atoms with Crippen LogP contribution in [0.15, 0.2) is 0 Å². The normalized spacial score (nSPS) is 15.5. The van der Waals surface area contributed by atoms with E-state index in [0.29, 0.717) is 12.1 Å². The zero-order valence-electron chi connectivity index (χ0n) is 12.9. The van der Waals surface area contributed by atoms with Crippen molar-refractivity contribution in [2.45, 2.75) is 72.4 Å². The maximum atomic E-state index is 3.49. The maximum absolute atomic E-state index is 3.49. The topological polar surface area (TPSA) is 15.3 Å². The molecule has 0 aliphatic carbocycles. The van der Waals surface area contributed by atoms with Crippen molar-refractivity contribution in [3.63, 3.8) is 0 Å². The summed E-state index contributed by atoms with van der Waals surface area (Å²) in [6.07, 6.45) is 5.27. The van der Waals surface area contributed by atoms with Gasteiger partial charge in [0.1, 0.15) is 0 Å². The predicted molar refractivity (Wildman–Crippen MR) is 78.5 cm³/mol. The molecule has 0 rings (SSSR count). The van der Waals surface area contributed by atoms with Crippen LogP contribution in [0.1, 0.15) is 60.3 Å². The van der Waals surface area contributed by atoms with E-state index < -0.39 is 0 Å². The third-order valence-electron chi connectivity index (χ3n) is 3.91. The van der Waals surface area contributed by atoms with Gasteiger partial charge in [-0.15, -0.1) is 0 Å². The summed E-state index contributed by atoms with van der Waals surface area (Å²) >= 11 is 0. The van der Waals surface area contributed by atoms with Crippen molar-refractivity contribution >= 4 is 0 Å². The number of hydrogen-bond acceptors (Lipinski definition) is 2. The molecule has 0 bridgehead atoms. The van der Waals surface area contributed by atoms with Gasteiger partial charge in [-0.05, 0) is 39.8 Å². The Kier molecular flexibility index (Phi) is 9.85. The van der Waals surface area contributed by atoms with Crippen LogP contribution >= 0.6 is 0 Å². The minimum absolute atomic E-state index is 0.629. The van der Waals surface area contributed by atoms with Crippen molar-refractivity contribution in [1.82, 2.24) is 10.2 Å². The van der Waals surface area contributed by atoms with Crippen molar-refractivity contribution in [2.24, 2.45) is 5.92 Å². The van der Waals surface area contributed by atoms with Gasteiger partial charge in [0.05, 0.1) is 0 Å². The Morgan fingerprint density at radius 1 is 1.06 bits per heavy atom. The van der Waals surface area contributed by atoms with Gasteiger partial charge < -0.3 is 5.32 Å². The second kappa shape index (κ2) is 9.90. The van der Waals surface area contributed by atoms with Crippen molar-refractivity contribution in [3.05, 3.63) is 0 Å². The number of unbranched alkanes of at least 4 members (excludes halogenated alkanes) is 2. The molecule has 0 aromatic carbocycles. The quantitative estimate of drug-likeness (QED) is 0.590. The fraction of sp³-hybridized carbons (Fsp3) is 1.00. The van der Waals surface area contributed by atoms with E-state index in [1.807, 2.05) is 0 Å². The first-order valence-electron chi connectivity index (χ1n) is 7.48. The first kappa shape index (κ1) is 16.9. The molecule has 0 aliphatic heterocycles. The fourth-order valence-corrected chi connectivity index (χ4v) is 2.22. The van der Waals surface area contributed by atoms with E-state index in [0.717, 1.165) is 5.92 Å². The second-order valence-corrected chi connectivity index (χ2v) is 5.58. The molecule has 2 atom stereocenters. The molecule has 17 heavy (non-hydrogen) atoms. The zero-order valence-corrected chi connectivity index (χ0v) is 12.9. The van der Waals surface area contributed by atoms with Crippen LogP contribution in [0.3, 0.4) is 0 Å². The molecule has 2 heteroatoms. The third kappa shape index (κ3) is 7.05. The maximum Gasteiger partial charge on any atom is 0.0217 e. The summed E-state index contributed by atoms with van der Waals surface area (Å²) in [5.41, 5.74) is 0. The molecule has 0 saturated carbocycles. The minimum atomic E-state index is 0.629. The molecule has 0 spiro atoms. The third-order valence-corrected chi connectivity index (χ3v) is 3.91. The molecule has 0 amide bonds. The summed E-state index contributed by atoms with van der Waals surface area (Å²) in [4.78, 5) is 2.63. The van der Waals surface area contributed by atoms with E-state index in [2.05, 4.69) is 51.9 Å². The van der Waals surface area contributed by atoms with Crippen LogP contribution in [0.2, 0.25) is 0 Å². The van der Waals surface area contributed by atoms with Gasteiger partial charge in [0.15, 0.2) is 0 Å². The summed E-state index contributed by atoms with van der Waals surface area (Å²) in [6, 6.07) is 1.29. The van der Waals surface area contributed by atoms with Crippen molar-refractivity contribution in [2.75, 3.05) is 20.1 Å². The molecule has 2 unspecified atom stereocenters. The van der Waals surface area contributed by atoms with Crippen LogP contribution in [-0.4, -0.2) is 37.1 Å². The van der Waals surface area contributed by atoms with Crippen LogP contribution in [0.4, 0.5) is 0 Å². The number of rotatable bonds is 10. The van der Waals surface area contributed by atoms with Gasteiger partial charge in [-0.3, -0.25) is 4.90 Å². The Morgan fingerprint density at radius 3 is 2.12 bits per heavy atom. The Balaban J connectivity index is 4.20. The first-order valence-corrected chi connectivity index (χ1v) is 7.48. The van der Waals surface area contributed by atoms with Crippen LogP contribution < -0.4 is 5.32 Å². The van der Waals surface area contributed by atoms with Gasteiger partial charge >= 0.3 is 0 Å². The van der Waals surface area contributed by atoms with Gasteiger partial charge in [0.2, 0.25) is 0 Å². The molecule has 0 aromatic heterocycles. The number of nitrogens with zero attached hydrogens (tertiary/aromatic N) is 1.